The number of anilines is 1. The minimum absolute atomic E-state index is 0.0540. The van der Waals surface area contributed by atoms with E-state index in [0.29, 0.717) is 36.2 Å². The summed E-state index contributed by atoms with van der Waals surface area (Å²) in [6.45, 7) is 7.46. The number of rotatable bonds is 7. The van der Waals surface area contributed by atoms with Crippen molar-refractivity contribution in [2.75, 3.05) is 31.5 Å². The van der Waals surface area contributed by atoms with E-state index in [1.54, 1.807) is 4.52 Å². The summed E-state index contributed by atoms with van der Waals surface area (Å²) in [5, 5.41) is 30.2. The summed E-state index contributed by atoms with van der Waals surface area (Å²) in [6, 6.07) is 6.50. The molecule has 2 aromatic carbocycles. The molecule has 0 aliphatic heterocycles. The average molecular weight is 395 g/mol. The lowest BCUT2D eigenvalue weighted by atomic mass is 10.0. The molecule has 0 saturated carbocycles. The Morgan fingerprint density at radius 1 is 1.07 bits per heavy atom. The van der Waals surface area contributed by atoms with Crippen LogP contribution in [-0.2, 0) is 6.54 Å². The van der Waals surface area contributed by atoms with Crippen LogP contribution in [0.25, 0.3) is 27.2 Å². The molecule has 29 heavy (non-hydrogen) atoms. The third kappa shape index (κ3) is 2.92. The van der Waals surface area contributed by atoms with Crippen molar-refractivity contribution in [3.05, 3.63) is 40.2 Å². The summed E-state index contributed by atoms with van der Waals surface area (Å²) >= 11 is 0. The second-order valence-corrected chi connectivity index (χ2v) is 7.08. The Hall–Kier alpha value is -3.10. The Morgan fingerprint density at radius 3 is 2.48 bits per heavy atom. The minimum atomic E-state index is -0.347. The number of aromatic nitrogens is 2. The van der Waals surface area contributed by atoms with Gasteiger partial charge in [-0.25, -0.2) is 4.52 Å². The molecular formula is C21H25N5O3. The standard InChI is InChI=1S/C21H25N5O3/c1-3-25(4-2)11-14-12-5-6-13(23-10-9-22)17-19(12)26(24-14)20-16(28)8-7-15(27)18(20)21(17)29/h5-8,23,27-28H,3-4,9-11,22H2,1-2H3. The fourth-order valence-corrected chi connectivity index (χ4v) is 3.92. The molecule has 0 aliphatic carbocycles. The molecule has 0 radical (unpaired) electrons. The van der Waals surface area contributed by atoms with Crippen LogP contribution < -0.4 is 16.5 Å². The Kier molecular flexibility index (Phi) is 4.89. The van der Waals surface area contributed by atoms with Crippen molar-refractivity contribution < 1.29 is 10.2 Å². The van der Waals surface area contributed by atoms with E-state index in [0.717, 1.165) is 24.2 Å². The highest BCUT2D eigenvalue weighted by atomic mass is 16.3. The van der Waals surface area contributed by atoms with Crippen LogP contribution in [0.1, 0.15) is 19.5 Å². The van der Waals surface area contributed by atoms with E-state index >= 15 is 0 Å². The quantitative estimate of drug-likeness (QED) is 0.280. The van der Waals surface area contributed by atoms with Crippen molar-refractivity contribution in [3.8, 4) is 11.5 Å². The molecule has 2 aromatic heterocycles. The lowest BCUT2D eigenvalue weighted by Crippen LogP contribution is -2.22. The SMILES string of the molecule is CCN(CC)Cc1nn2c3c(O)ccc(O)c3c(=O)c3c(NCCN)ccc1c32. The second kappa shape index (κ2) is 7.38. The van der Waals surface area contributed by atoms with E-state index < -0.39 is 0 Å². The molecule has 4 aromatic rings. The molecule has 8 heteroatoms. The van der Waals surface area contributed by atoms with Gasteiger partial charge in [-0.1, -0.05) is 13.8 Å². The van der Waals surface area contributed by atoms with Gasteiger partial charge < -0.3 is 21.3 Å². The summed E-state index contributed by atoms with van der Waals surface area (Å²) in [5.74, 6) is -0.285. The van der Waals surface area contributed by atoms with Crippen LogP contribution in [0.4, 0.5) is 5.69 Å². The van der Waals surface area contributed by atoms with Gasteiger partial charge in [0.1, 0.15) is 17.0 Å². The molecule has 0 aliphatic rings. The van der Waals surface area contributed by atoms with Crippen molar-refractivity contribution in [3.63, 3.8) is 0 Å². The monoisotopic (exact) mass is 395 g/mol. The van der Waals surface area contributed by atoms with E-state index in [1.165, 1.54) is 12.1 Å². The van der Waals surface area contributed by atoms with E-state index in [-0.39, 0.29) is 27.8 Å². The molecule has 0 saturated heterocycles. The Balaban J connectivity index is 2.15. The van der Waals surface area contributed by atoms with Crippen molar-refractivity contribution >= 4 is 32.9 Å². The highest BCUT2D eigenvalue weighted by Crippen LogP contribution is 2.36. The number of hydrogen-bond acceptors (Lipinski definition) is 7. The highest BCUT2D eigenvalue weighted by Gasteiger charge is 2.23. The van der Waals surface area contributed by atoms with E-state index in [4.69, 9.17) is 10.8 Å². The van der Waals surface area contributed by atoms with Crippen molar-refractivity contribution in [1.29, 1.82) is 0 Å². The molecule has 0 bridgehead atoms. The second-order valence-electron chi connectivity index (χ2n) is 7.08. The summed E-state index contributed by atoms with van der Waals surface area (Å²) in [4.78, 5) is 15.6. The smallest absolute Gasteiger partial charge is 0.203 e. The predicted octanol–water partition coefficient (Wildman–Crippen LogP) is 2.06. The molecule has 2 heterocycles. The number of fused-ring (bicyclic) bond motifs is 2. The molecule has 5 N–H and O–H groups in total. The number of nitrogens with one attached hydrogen (secondary N) is 1. The number of pyridine rings is 1. The first-order valence-electron chi connectivity index (χ1n) is 9.82. The molecule has 0 fully saturated rings. The van der Waals surface area contributed by atoms with Gasteiger partial charge in [-0.3, -0.25) is 9.69 Å². The fraction of sp³-hybridized carbons (Fsp3) is 0.333. The Bertz CT molecular complexity index is 1250. The van der Waals surface area contributed by atoms with Crippen LogP contribution in [0.2, 0.25) is 0 Å². The van der Waals surface area contributed by atoms with E-state index in [9.17, 15) is 15.0 Å². The van der Waals surface area contributed by atoms with Crippen molar-refractivity contribution in [2.45, 2.75) is 20.4 Å². The van der Waals surface area contributed by atoms with E-state index in [2.05, 4.69) is 24.1 Å². The first kappa shape index (κ1) is 19.2. The van der Waals surface area contributed by atoms with Gasteiger partial charge in [0.2, 0.25) is 5.43 Å². The van der Waals surface area contributed by atoms with Crippen LogP contribution in [0.3, 0.4) is 0 Å². The third-order valence-electron chi connectivity index (χ3n) is 5.45. The number of phenols is 2. The van der Waals surface area contributed by atoms with E-state index in [1.807, 2.05) is 12.1 Å². The third-order valence-corrected chi connectivity index (χ3v) is 5.45. The predicted molar refractivity (Wildman–Crippen MR) is 115 cm³/mol. The Labute approximate surface area is 167 Å². The molecule has 0 spiro atoms. The van der Waals surface area contributed by atoms with Gasteiger partial charge in [-0.05, 0) is 37.4 Å². The van der Waals surface area contributed by atoms with Crippen LogP contribution in [0, 0.1) is 0 Å². The maximum Gasteiger partial charge on any atom is 0.203 e. The molecular weight excluding hydrogens is 370 g/mol. The van der Waals surface area contributed by atoms with Crippen molar-refractivity contribution in [1.82, 2.24) is 14.5 Å². The summed E-state index contributed by atoms with van der Waals surface area (Å²) < 4.78 is 1.59. The van der Waals surface area contributed by atoms with Gasteiger partial charge in [0.25, 0.3) is 0 Å². The highest BCUT2D eigenvalue weighted by molar-refractivity contribution is 6.10. The zero-order valence-electron chi connectivity index (χ0n) is 16.6. The van der Waals surface area contributed by atoms with Crippen LogP contribution in [0.5, 0.6) is 11.5 Å². The number of aromatic hydroxyl groups is 2. The number of benzene rings is 2. The molecule has 0 amide bonds. The number of hydrogen-bond donors (Lipinski definition) is 4. The lowest BCUT2D eigenvalue weighted by molar-refractivity contribution is 0.293. The molecule has 0 unspecified atom stereocenters. The van der Waals surface area contributed by atoms with Gasteiger partial charge >= 0.3 is 0 Å². The van der Waals surface area contributed by atoms with Gasteiger partial charge in [-0.15, -0.1) is 0 Å². The van der Waals surface area contributed by atoms with Crippen LogP contribution in [-0.4, -0.2) is 50.9 Å². The van der Waals surface area contributed by atoms with Crippen LogP contribution in [0.15, 0.2) is 29.1 Å². The number of nitrogens with zero attached hydrogens (tertiary/aromatic N) is 3. The van der Waals surface area contributed by atoms with Crippen LogP contribution >= 0.6 is 0 Å². The molecule has 152 valence electrons. The molecule has 4 rings (SSSR count). The van der Waals surface area contributed by atoms with Gasteiger partial charge in [0.05, 0.1) is 22.0 Å². The first-order valence-corrected chi connectivity index (χ1v) is 9.82. The normalized spacial score (nSPS) is 12.0. The average Bonchev–Trinajstić information content (AvgIpc) is 3.09. The first-order chi connectivity index (χ1) is 14.0. The van der Waals surface area contributed by atoms with Gasteiger partial charge in [-0.2, -0.15) is 5.10 Å². The number of nitrogens with two attached hydrogens (primary N) is 1. The number of phenolic OH excluding ortho intramolecular Hbond substituents is 2. The van der Waals surface area contributed by atoms with Crippen molar-refractivity contribution in [2.24, 2.45) is 5.73 Å². The minimum Gasteiger partial charge on any atom is -0.507 e. The summed E-state index contributed by atoms with van der Waals surface area (Å²) in [6.07, 6.45) is 0. The Morgan fingerprint density at radius 2 is 1.79 bits per heavy atom. The summed E-state index contributed by atoms with van der Waals surface area (Å²) in [5.41, 5.74) is 7.58. The summed E-state index contributed by atoms with van der Waals surface area (Å²) in [7, 11) is 0. The zero-order valence-corrected chi connectivity index (χ0v) is 16.6. The zero-order chi connectivity index (χ0) is 20.7. The largest absolute Gasteiger partial charge is 0.507 e. The van der Waals surface area contributed by atoms with Gasteiger partial charge in [0, 0.05) is 30.7 Å². The molecule has 0 atom stereocenters. The topological polar surface area (TPSA) is 116 Å². The molecule has 8 nitrogen and oxygen atoms in total. The fourth-order valence-electron chi connectivity index (χ4n) is 3.92. The maximum atomic E-state index is 13.4. The maximum absolute atomic E-state index is 13.4. The van der Waals surface area contributed by atoms with Gasteiger partial charge in [0.15, 0.2) is 0 Å². The lowest BCUT2D eigenvalue weighted by Gasteiger charge is -2.16.